The monoisotopic (exact) mass is 249 g/mol. The molecule has 1 aromatic rings. The van der Waals surface area contributed by atoms with Crippen LogP contribution in [0.3, 0.4) is 0 Å². The molecule has 0 aliphatic carbocycles. The second-order valence-electron chi connectivity index (χ2n) is 4.73. The van der Waals surface area contributed by atoms with Gasteiger partial charge in [-0.3, -0.25) is 4.79 Å². The van der Waals surface area contributed by atoms with E-state index >= 15 is 0 Å². The highest BCUT2D eigenvalue weighted by Crippen LogP contribution is 2.32. The second-order valence-corrected chi connectivity index (χ2v) is 5.14. The first-order valence-corrected chi connectivity index (χ1v) is 6.48. The molecule has 1 aromatic carbocycles. The van der Waals surface area contributed by atoms with Crippen LogP contribution in [0.1, 0.15) is 29.9 Å². The highest BCUT2D eigenvalue weighted by atomic mass is 35.5. The third-order valence-electron chi connectivity index (χ3n) is 3.69. The highest BCUT2D eigenvalue weighted by Gasteiger charge is 2.23. The highest BCUT2D eigenvalue weighted by molar-refractivity contribution is 6.56. The Kier molecular flexibility index (Phi) is 3.77. The minimum atomic E-state index is 0.186. The summed E-state index contributed by atoms with van der Waals surface area (Å²) in [6, 6.07) is 6.11. The average Bonchev–Trinajstić information content (AvgIpc) is 2.33. The zero-order valence-corrected chi connectivity index (χ0v) is 11.1. The Balaban J connectivity index is 2.10. The van der Waals surface area contributed by atoms with Crippen LogP contribution in [-0.4, -0.2) is 31.6 Å². The van der Waals surface area contributed by atoms with Crippen LogP contribution in [0.25, 0.3) is 0 Å². The van der Waals surface area contributed by atoms with Gasteiger partial charge in [-0.15, -0.1) is 0 Å². The van der Waals surface area contributed by atoms with Crippen molar-refractivity contribution in [2.75, 3.05) is 13.1 Å². The fourth-order valence-corrected chi connectivity index (χ4v) is 2.75. The third-order valence-corrected chi connectivity index (χ3v) is 4.10. The zero-order valence-electron chi connectivity index (χ0n) is 10.4. The van der Waals surface area contributed by atoms with Gasteiger partial charge in [-0.2, -0.15) is 0 Å². The number of hydrogen-bond donors (Lipinski definition) is 0. The summed E-state index contributed by atoms with van der Waals surface area (Å²) < 4.78 is 0. The van der Waals surface area contributed by atoms with E-state index in [0.717, 1.165) is 31.0 Å². The van der Waals surface area contributed by atoms with E-state index in [9.17, 15) is 4.79 Å². The molecule has 4 heteroatoms. The lowest BCUT2D eigenvalue weighted by molar-refractivity contribution is 0.204. The fraction of sp³-hybridized carbons (Fsp3) is 0.462. The smallest absolute Gasteiger partial charge is 0.215 e. The number of piperidine rings is 1. The van der Waals surface area contributed by atoms with Gasteiger partial charge in [-0.25, -0.2) is 0 Å². The van der Waals surface area contributed by atoms with Crippen molar-refractivity contribution >= 4 is 25.3 Å². The van der Waals surface area contributed by atoms with E-state index in [0.29, 0.717) is 5.92 Å². The largest absolute Gasteiger partial charge is 0.352 e. The molecule has 90 valence electrons. The molecule has 1 heterocycles. The molecule has 1 aliphatic heterocycles. The van der Waals surface area contributed by atoms with Gasteiger partial charge in [-0.1, -0.05) is 23.7 Å². The van der Waals surface area contributed by atoms with Crippen molar-refractivity contribution < 1.29 is 4.79 Å². The molecule has 17 heavy (non-hydrogen) atoms. The molecule has 0 spiro atoms. The number of carbonyl (C=O) groups excluding carboxylic acids is 1. The van der Waals surface area contributed by atoms with Crippen molar-refractivity contribution in [2.24, 2.45) is 0 Å². The number of halogens is 1. The molecule has 0 radical (unpaired) electrons. The Bertz CT molecular complexity index is 427. The molecule has 1 fully saturated rings. The molecular weight excluding hydrogens is 232 g/mol. The van der Waals surface area contributed by atoms with Gasteiger partial charge in [0.25, 0.3) is 0 Å². The van der Waals surface area contributed by atoms with Crippen molar-refractivity contribution in [1.29, 1.82) is 0 Å². The first-order valence-electron chi connectivity index (χ1n) is 6.10. The molecule has 1 amide bonds. The Labute approximate surface area is 108 Å². The van der Waals surface area contributed by atoms with Crippen molar-refractivity contribution in [2.45, 2.75) is 25.7 Å². The predicted octanol–water partition coefficient (Wildman–Crippen LogP) is 2.58. The summed E-state index contributed by atoms with van der Waals surface area (Å²) in [5.41, 5.74) is 2.54. The van der Waals surface area contributed by atoms with Gasteiger partial charge in [0.05, 0.1) is 0 Å². The number of likely N-dealkylation sites (tertiary alicyclic amines) is 1. The Morgan fingerprint density at radius 1 is 1.41 bits per heavy atom. The molecule has 0 aromatic heterocycles. The first kappa shape index (κ1) is 12.5. The normalized spacial score (nSPS) is 17.2. The number of hydrogen-bond acceptors (Lipinski definition) is 1. The Hall–Kier alpha value is -0.955. The van der Waals surface area contributed by atoms with Gasteiger partial charge in [-0.05, 0) is 42.9 Å². The maximum atomic E-state index is 11.3. The summed E-state index contributed by atoms with van der Waals surface area (Å²) in [7, 11) is 1.64. The summed E-state index contributed by atoms with van der Waals surface area (Å²) in [5.74, 6) is 0.732. The lowest BCUT2D eigenvalue weighted by atomic mass is 9.86. The van der Waals surface area contributed by atoms with Crippen LogP contribution in [0.5, 0.6) is 0 Å². The lowest BCUT2D eigenvalue weighted by Gasteiger charge is -2.32. The van der Waals surface area contributed by atoms with Gasteiger partial charge >= 0.3 is 0 Å². The van der Waals surface area contributed by atoms with Crippen LogP contribution in [0.15, 0.2) is 18.2 Å². The zero-order chi connectivity index (χ0) is 12.4. The fourth-order valence-electron chi connectivity index (χ4n) is 2.57. The molecule has 2 rings (SSSR count). The van der Waals surface area contributed by atoms with Crippen LogP contribution in [0.4, 0.5) is 4.79 Å². The first-order chi connectivity index (χ1) is 8.09. The molecule has 0 N–H and O–H groups in total. The van der Waals surface area contributed by atoms with Crippen LogP contribution >= 0.6 is 11.6 Å². The molecule has 2 nitrogen and oxygen atoms in total. The molecular formula is C13H17BClNO. The van der Waals surface area contributed by atoms with E-state index in [1.54, 1.807) is 7.85 Å². The molecule has 0 atom stereocenters. The average molecular weight is 250 g/mol. The Morgan fingerprint density at radius 3 is 2.65 bits per heavy atom. The molecule has 1 saturated heterocycles. The van der Waals surface area contributed by atoms with E-state index in [1.165, 1.54) is 11.1 Å². The number of benzene rings is 1. The topological polar surface area (TPSA) is 20.3 Å². The van der Waals surface area contributed by atoms with Crippen molar-refractivity contribution in [3.63, 3.8) is 0 Å². The maximum absolute atomic E-state index is 11.3. The summed E-state index contributed by atoms with van der Waals surface area (Å²) in [5, 5.41) is 0.844. The quantitative estimate of drug-likeness (QED) is 0.701. The van der Waals surface area contributed by atoms with Crippen molar-refractivity contribution in [3.8, 4) is 0 Å². The van der Waals surface area contributed by atoms with Gasteiger partial charge < -0.3 is 4.90 Å². The van der Waals surface area contributed by atoms with Crippen molar-refractivity contribution in [1.82, 2.24) is 4.90 Å². The van der Waals surface area contributed by atoms with Gasteiger partial charge in [0.15, 0.2) is 5.81 Å². The van der Waals surface area contributed by atoms with Gasteiger partial charge in [0.2, 0.25) is 7.85 Å². The minimum absolute atomic E-state index is 0.186. The summed E-state index contributed by atoms with van der Waals surface area (Å²) in [6.45, 7) is 3.81. The summed E-state index contributed by atoms with van der Waals surface area (Å²) in [4.78, 5) is 13.2. The number of rotatable bonds is 1. The number of nitrogens with zero attached hydrogens (tertiary/aromatic N) is 1. The van der Waals surface area contributed by atoms with E-state index in [-0.39, 0.29) is 5.81 Å². The molecule has 0 unspecified atom stereocenters. The van der Waals surface area contributed by atoms with E-state index in [2.05, 4.69) is 13.0 Å². The maximum Gasteiger partial charge on any atom is 0.215 e. The summed E-state index contributed by atoms with van der Waals surface area (Å²) >= 11 is 6.15. The van der Waals surface area contributed by atoms with Crippen molar-refractivity contribution in [3.05, 3.63) is 34.3 Å². The van der Waals surface area contributed by atoms with Crippen LogP contribution in [0, 0.1) is 6.92 Å². The second kappa shape index (κ2) is 5.13. The minimum Gasteiger partial charge on any atom is -0.352 e. The van der Waals surface area contributed by atoms with Crippen LogP contribution < -0.4 is 0 Å². The predicted molar refractivity (Wildman–Crippen MR) is 73.7 cm³/mol. The standard InChI is InChI=1S/C13H17BClNO/c1-9-11(3-2-4-12(9)15)10-5-7-16(8-6-10)13(14)17/h2-4,10H,5-8,14H2,1H3. The third kappa shape index (κ3) is 2.66. The molecule has 1 aliphatic rings. The van der Waals surface area contributed by atoms with E-state index < -0.39 is 0 Å². The molecule has 0 bridgehead atoms. The lowest BCUT2D eigenvalue weighted by Crippen LogP contribution is -2.37. The van der Waals surface area contributed by atoms with Crippen LogP contribution in [-0.2, 0) is 0 Å². The van der Waals surface area contributed by atoms with E-state index in [4.69, 9.17) is 11.6 Å². The van der Waals surface area contributed by atoms with Gasteiger partial charge in [0.1, 0.15) is 0 Å². The summed E-state index contributed by atoms with van der Waals surface area (Å²) in [6.07, 6.45) is 2.08. The van der Waals surface area contributed by atoms with Gasteiger partial charge in [0, 0.05) is 18.1 Å². The van der Waals surface area contributed by atoms with E-state index in [1.807, 2.05) is 17.0 Å². The van der Waals surface area contributed by atoms with Crippen LogP contribution in [0.2, 0.25) is 5.02 Å². The molecule has 0 saturated carbocycles. The number of amides is 1. The SMILES string of the molecule is BC(=O)N1CCC(c2cccc(Cl)c2C)CC1. The Morgan fingerprint density at radius 2 is 2.06 bits per heavy atom. The number of carbonyl (C=O) groups is 1.